The SMILES string of the molecule is NCCN=C(c1ccccc1)c1cc(Cl)ccc1N. The van der Waals surface area contributed by atoms with Gasteiger partial charge in [0.25, 0.3) is 0 Å². The van der Waals surface area contributed by atoms with Crippen molar-refractivity contribution >= 4 is 23.0 Å². The van der Waals surface area contributed by atoms with E-state index in [4.69, 9.17) is 23.1 Å². The molecule has 0 saturated carbocycles. The molecule has 4 heteroatoms. The van der Waals surface area contributed by atoms with Crippen molar-refractivity contribution in [3.05, 3.63) is 64.7 Å². The third kappa shape index (κ3) is 3.34. The van der Waals surface area contributed by atoms with Crippen LogP contribution in [0.25, 0.3) is 0 Å². The number of hydrogen-bond donors (Lipinski definition) is 2. The lowest BCUT2D eigenvalue weighted by Gasteiger charge is -2.10. The summed E-state index contributed by atoms with van der Waals surface area (Å²) >= 11 is 6.05. The molecule has 0 bridgehead atoms. The molecule has 0 aliphatic rings. The van der Waals surface area contributed by atoms with E-state index in [2.05, 4.69) is 4.99 Å². The summed E-state index contributed by atoms with van der Waals surface area (Å²) in [6.45, 7) is 1.05. The second-order valence-corrected chi connectivity index (χ2v) is 4.55. The van der Waals surface area contributed by atoms with E-state index in [-0.39, 0.29) is 0 Å². The van der Waals surface area contributed by atoms with Gasteiger partial charge in [-0.05, 0) is 18.2 Å². The minimum atomic E-state index is 0.497. The Morgan fingerprint density at radius 3 is 2.53 bits per heavy atom. The molecule has 19 heavy (non-hydrogen) atoms. The number of halogens is 1. The van der Waals surface area contributed by atoms with Gasteiger partial charge in [-0.15, -0.1) is 0 Å². The quantitative estimate of drug-likeness (QED) is 0.664. The average Bonchev–Trinajstić information content (AvgIpc) is 2.44. The van der Waals surface area contributed by atoms with Gasteiger partial charge in [-0.3, -0.25) is 4.99 Å². The zero-order valence-electron chi connectivity index (χ0n) is 10.5. The summed E-state index contributed by atoms with van der Waals surface area (Å²) in [5, 5.41) is 0.639. The molecule has 0 radical (unpaired) electrons. The molecule has 0 saturated heterocycles. The number of nitrogen functional groups attached to an aromatic ring is 1. The highest BCUT2D eigenvalue weighted by atomic mass is 35.5. The number of anilines is 1. The Hall–Kier alpha value is -1.84. The molecule has 0 aliphatic carbocycles. The van der Waals surface area contributed by atoms with E-state index in [0.717, 1.165) is 16.8 Å². The largest absolute Gasteiger partial charge is 0.398 e. The van der Waals surface area contributed by atoms with Crippen LogP contribution in [0.5, 0.6) is 0 Å². The molecule has 0 aromatic heterocycles. The second-order valence-electron chi connectivity index (χ2n) is 4.12. The third-order valence-corrected chi connectivity index (χ3v) is 2.95. The third-order valence-electron chi connectivity index (χ3n) is 2.72. The van der Waals surface area contributed by atoms with Crippen LogP contribution in [-0.2, 0) is 0 Å². The second kappa shape index (κ2) is 6.36. The minimum Gasteiger partial charge on any atom is -0.398 e. The van der Waals surface area contributed by atoms with E-state index >= 15 is 0 Å². The maximum absolute atomic E-state index is 6.05. The first-order chi connectivity index (χ1) is 9.22. The zero-order chi connectivity index (χ0) is 13.7. The summed E-state index contributed by atoms with van der Waals surface area (Å²) in [7, 11) is 0. The predicted molar refractivity (Wildman–Crippen MR) is 81.9 cm³/mol. The van der Waals surface area contributed by atoms with Gasteiger partial charge in [0.05, 0.1) is 12.3 Å². The van der Waals surface area contributed by atoms with Gasteiger partial charge < -0.3 is 11.5 Å². The van der Waals surface area contributed by atoms with Crippen LogP contribution in [0.2, 0.25) is 5.02 Å². The molecule has 0 fully saturated rings. The van der Waals surface area contributed by atoms with Crippen LogP contribution >= 0.6 is 11.6 Å². The van der Waals surface area contributed by atoms with Gasteiger partial charge in [-0.2, -0.15) is 0 Å². The standard InChI is InChI=1S/C15H16ClN3/c16-12-6-7-14(18)13(10-12)15(19-9-8-17)11-4-2-1-3-5-11/h1-7,10H,8-9,17-18H2. The fraction of sp³-hybridized carbons (Fsp3) is 0.133. The van der Waals surface area contributed by atoms with Gasteiger partial charge in [0, 0.05) is 28.4 Å². The van der Waals surface area contributed by atoms with E-state index in [9.17, 15) is 0 Å². The van der Waals surface area contributed by atoms with Crippen molar-refractivity contribution in [2.24, 2.45) is 10.7 Å². The Balaban J connectivity index is 2.52. The lowest BCUT2D eigenvalue weighted by molar-refractivity contribution is 0.976. The van der Waals surface area contributed by atoms with Crippen molar-refractivity contribution in [2.45, 2.75) is 0 Å². The maximum atomic E-state index is 6.05. The van der Waals surface area contributed by atoms with Gasteiger partial charge >= 0.3 is 0 Å². The molecule has 0 unspecified atom stereocenters. The highest BCUT2D eigenvalue weighted by Gasteiger charge is 2.10. The summed E-state index contributed by atoms with van der Waals surface area (Å²) in [5.74, 6) is 0. The van der Waals surface area contributed by atoms with E-state index in [1.54, 1.807) is 12.1 Å². The molecule has 0 atom stereocenters. The molecule has 2 aromatic rings. The van der Waals surface area contributed by atoms with E-state index in [0.29, 0.717) is 23.8 Å². The van der Waals surface area contributed by atoms with Crippen molar-refractivity contribution in [3.8, 4) is 0 Å². The molecule has 4 N–H and O–H groups in total. The molecule has 3 nitrogen and oxygen atoms in total. The summed E-state index contributed by atoms with van der Waals surface area (Å²) in [6, 6.07) is 15.3. The summed E-state index contributed by atoms with van der Waals surface area (Å²) in [5.41, 5.74) is 14.9. The minimum absolute atomic E-state index is 0.497. The van der Waals surface area contributed by atoms with Crippen molar-refractivity contribution in [1.29, 1.82) is 0 Å². The fourth-order valence-electron chi connectivity index (χ4n) is 1.84. The predicted octanol–water partition coefficient (Wildman–Crippen LogP) is 2.72. The molecule has 0 amide bonds. The monoisotopic (exact) mass is 273 g/mol. The number of aliphatic imine (C=N–C) groups is 1. The first-order valence-electron chi connectivity index (χ1n) is 6.07. The van der Waals surface area contributed by atoms with Crippen LogP contribution in [0.15, 0.2) is 53.5 Å². The van der Waals surface area contributed by atoms with Crippen molar-refractivity contribution in [2.75, 3.05) is 18.8 Å². The zero-order valence-corrected chi connectivity index (χ0v) is 11.3. The van der Waals surface area contributed by atoms with Gasteiger partial charge in [0.15, 0.2) is 0 Å². The average molecular weight is 274 g/mol. The van der Waals surface area contributed by atoms with E-state index in [1.165, 1.54) is 0 Å². The van der Waals surface area contributed by atoms with Gasteiger partial charge in [0.1, 0.15) is 0 Å². The number of hydrogen-bond acceptors (Lipinski definition) is 3. The summed E-state index contributed by atoms with van der Waals surface area (Å²) in [6.07, 6.45) is 0. The summed E-state index contributed by atoms with van der Waals surface area (Å²) in [4.78, 5) is 4.54. The molecule has 2 rings (SSSR count). The van der Waals surface area contributed by atoms with Crippen LogP contribution in [0, 0.1) is 0 Å². The van der Waals surface area contributed by atoms with Crippen molar-refractivity contribution in [3.63, 3.8) is 0 Å². The molecule has 2 aromatic carbocycles. The van der Waals surface area contributed by atoms with Crippen LogP contribution < -0.4 is 11.5 Å². The lowest BCUT2D eigenvalue weighted by Crippen LogP contribution is -2.11. The van der Waals surface area contributed by atoms with Crippen LogP contribution in [0.1, 0.15) is 11.1 Å². The van der Waals surface area contributed by atoms with E-state index in [1.807, 2.05) is 36.4 Å². The lowest BCUT2D eigenvalue weighted by atomic mass is 10.0. The Morgan fingerprint density at radius 1 is 1.11 bits per heavy atom. The van der Waals surface area contributed by atoms with Crippen molar-refractivity contribution in [1.82, 2.24) is 0 Å². The molecule has 0 aliphatic heterocycles. The molecule has 98 valence electrons. The van der Waals surface area contributed by atoms with Crippen molar-refractivity contribution < 1.29 is 0 Å². The van der Waals surface area contributed by atoms with Gasteiger partial charge in [-0.1, -0.05) is 41.9 Å². The van der Waals surface area contributed by atoms with Crippen LogP contribution in [0.4, 0.5) is 5.69 Å². The first-order valence-corrected chi connectivity index (χ1v) is 6.45. The number of benzene rings is 2. The summed E-state index contributed by atoms with van der Waals surface area (Å²) < 4.78 is 0. The Labute approximate surface area is 117 Å². The Kier molecular flexibility index (Phi) is 4.55. The fourth-order valence-corrected chi connectivity index (χ4v) is 2.01. The van der Waals surface area contributed by atoms with Gasteiger partial charge in [-0.25, -0.2) is 0 Å². The Morgan fingerprint density at radius 2 is 1.84 bits per heavy atom. The topological polar surface area (TPSA) is 64.4 Å². The smallest absolute Gasteiger partial charge is 0.0740 e. The van der Waals surface area contributed by atoms with Crippen LogP contribution in [-0.4, -0.2) is 18.8 Å². The molecule has 0 heterocycles. The highest BCUT2D eigenvalue weighted by Crippen LogP contribution is 2.22. The normalized spacial score (nSPS) is 11.6. The maximum Gasteiger partial charge on any atom is 0.0740 e. The number of rotatable bonds is 4. The molecular weight excluding hydrogens is 258 g/mol. The highest BCUT2D eigenvalue weighted by molar-refractivity contribution is 6.31. The first kappa shape index (κ1) is 13.6. The number of nitrogens with two attached hydrogens (primary N) is 2. The molecular formula is C15H16ClN3. The van der Waals surface area contributed by atoms with Crippen LogP contribution in [0.3, 0.4) is 0 Å². The van der Waals surface area contributed by atoms with Gasteiger partial charge in [0.2, 0.25) is 0 Å². The van der Waals surface area contributed by atoms with E-state index < -0.39 is 0 Å². The Bertz CT molecular complexity index is 579. The number of nitrogens with zero attached hydrogens (tertiary/aromatic N) is 1. The molecule has 0 spiro atoms.